The molecular formula is C25H38N2O5. The van der Waals surface area contributed by atoms with Crippen molar-refractivity contribution in [3.8, 4) is 11.5 Å². The average Bonchev–Trinajstić information content (AvgIpc) is 2.75. The van der Waals surface area contributed by atoms with Crippen molar-refractivity contribution in [2.24, 2.45) is 0 Å². The fourth-order valence-corrected chi connectivity index (χ4v) is 4.81. The van der Waals surface area contributed by atoms with Gasteiger partial charge >= 0.3 is 0 Å². The fraction of sp³-hybridized carbons (Fsp3) is 0.680. The Labute approximate surface area is 190 Å². The van der Waals surface area contributed by atoms with Gasteiger partial charge in [0.2, 0.25) is 5.91 Å². The van der Waals surface area contributed by atoms with Gasteiger partial charge in [-0.25, -0.2) is 0 Å². The number of nitrogens with one attached hydrogen (secondary N) is 2. The first-order valence-electron chi connectivity index (χ1n) is 11.9. The van der Waals surface area contributed by atoms with Crippen LogP contribution in [0.2, 0.25) is 0 Å². The van der Waals surface area contributed by atoms with Crippen LogP contribution in [0.5, 0.6) is 11.5 Å². The van der Waals surface area contributed by atoms with Crippen LogP contribution >= 0.6 is 0 Å². The molecule has 1 unspecified atom stereocenters. The summed E-state index contributed by atoms with van der Waals surface area (Å²) < 4.78 is 6.20. The van der Waals surface area contributed by atoms with Crippen molar-refractivity contribution >= 4 is 11.8 Å². The van der Waals surface area contributed by atoms with Gasteiger partial charge in [0.25, 0.3) is 5.91 Å². The summed E-state index contributed by atoms with van der Waals surface area (Å²) in [5.41, 5.74) is 2.07. The molecule has 3 rings (SSSR count). The first-order valence-corrected chi connectivity index (χ1v) is 11.9. The van der Waals surface area contributed by atoms with Gasteiger partial charge < -0.3 is 25.6 Å². The second-order valence-corrected chi connectivity index (χ2v) is 9.62. The third-order valence-electron chi connectivity index (χ3n) is 7.26. The number of ether oxygens (including phenoxy) is 1. The number of aromatic hydroxyl groups is 1. The lowest BCUT2D eigenvalue weighted by Gasteiger charge is -2.37. The fourth-order valence-electron chi connectivity index (χ4n) is 4.81. The Bertz CT molecular complexity index is 861. The molecule has 178 valence electrons. The minimum absolute atomic E-state index is 0.0865. The lowest BCUT2D eigenvalue weighted by Crippen LogP contribution is -2.58. The maximum absolute atomic E-state index is 13.2. The summed E-state index contributed by atoms with van der Waals surface area (Å²) in [6.45, 7) is 6.80. The highest BCUT2D eigenvalue weighted by molar-refractivity contribution is 5.92. The number of phenols is 1. The van der Waals surface area contributed by atoms with Gasteiger partial charge in [-0.2, -0.15) is 0 Å². The van der Waals surface area contributed by atoms with Gasteiger partial charge in [-0.1, -0.05) is 32.1 Å². The van der Waals surface area contributed by atoms with E-state index in [4.69, 9.17) is 4.74 Å². The Morgan fingerprint density at radius 2 is 1.69 bits per heavy atom. The molecule has 1 aromatic rings. The summed E-state index contributed by atoms with van der Waals surface area (Å²) in [6, 6.07) is -0.928. The Kier molecular flexibility index (Phi) is 7.70. The number of phenolic OH excluding ortho intramolecular Hbond substituents is 1. The van der Waals surface area contributed by atoms with Crippen molar-refractivity contribution in [1.82, 2.24) is 10.6 Å². The van der Waals surface area contributed by atoms with Crippen LogP contribution in [-0.4, -0.2) is 46.3 Å². The number of carbonyl (C=O) groups excluding carboxylic acids is 2. The van der Waals surface area contributed by atoms with Crippen molar-refractivity contribution in [2.45, 2.75) is 103 Å². The molecular weight excluding hydrogens is 408 g/mol. The zero-order valence-electron chi connectivity index (χ0n) is 19.8. The summed E-state index contributed by atoms with van der Waals surface area (Å²) in [5.74, 6) is 0.127. The maximum atomic E-state index is 13.2. The number of hydrogen-bond acceptors (Lipinski definition) is 5. The molecule has 32 heavy (non-hydrogen) atoms. The number of rotatable bonds is 5. The van der Waals surface area contributed by atoms with Crippen LogP contribution in [-0.2, 0) is 16.0 Å². The van der Waals surface area contributed by atoms with E-state index in [0.29, 0.717) is 18.6 Å². The SMILES string of the molecule is Cc1c(C)c2c(c(C)c1O)CCC(C)(C(=O)N[C@@H](CO)C(=O)NC1CCCCCCC1)O2. The molecule has 0 bridgehead atoms. The molecule has 0 aromatic heterocycles. The highest BCUT2D eigenvalue weighted by Gasteiger charge is 2.42. The van der Waals surface area contributed by atoms with Gasteiger partial charge in [-0.05, 0) is 63.6 Å². The number of hydrogen-bond donors (Lipinski definition) is 4. The zero-order chi connectivity index (χ0) is 23.5. The average molecular weight is 447 g/mol. The van der Waals surface area contributed by atoms with Crippen molar-refractivity contribution in [2.75, 3.05) is 6.61 Å². The predicted molar refractivity (Wildman–Crippen MR) is 123 cm³/mol. The molecule has 0 radical (unpaired) electrons. The molecule has 1 saturated carbocycles. The largest absolute Gasteiger partial charge is 0.507 e. The molecule has 2 aliphatic rings. The van der Waals surface area contributed by atoms with Crippen LogP contribution in [0.15, 0.2) is 0 Å². The Hall–Kier alpha value is -2.28. The summed E-state index contributed by atoms with van der Waals surface area (Å²) in [4.78, 5) is 26.0. The zero-order valence-corrected chi connectivity index (χ0v) is 19.8. The van der Waals surface area contributed by atoms with Crippen LogP contribution in [0.25, 0.3) is 0 Å². The minimum Gasteiger partial charge on any atom is -0.507 e. The van der Waals surface area contributed by atoms with Crippen LogP contribution < -0.4 is 15.4 Å². The van der Waals surface area contributed by atoms with Gasteiger partial charge in [-0.15, -0.1) is 0 Å². The smallest absolute Gasteiger partial charge is 0.264 e. The van der Waals surface area contributed by atoms with E-state index in [1.54, 1.807) is 6.92 Å². The topological polar surface area (TPSA) is 108 Å². The van der Waals surface area contributed by atoms with Gasteiger partial charge in [-0.3, -0.25) is 9.59 Å². The van der Waals surface area contributed by atoms with E-state index in [2.05, 4.69) is 10.6 Å². The van der Waals surface area contributed by atoms with Crippen molar-refractivity contribution < 1.29 is 24.5 Å². The normalized spacial score (nSPS) is 22.7. The summed E-state index contributed by atoms with van der Waals surface area (Å²) >= 11 is 0. The molecule has 2 amide bonds. The van der Waals surface area contributed by atoms with Gasteiger partial charge in [0.1, 0.15) is 17.5 Å². The Morgan fingerprint density at radius 3 is 2.31 bits per heavy atom. The highest BCUT2D eigenvalue weighted by Crippen LogP contribution is 2.43. The van der Waals surface area contributed by atoms with Crippen LogP contribution in [0.3, 0.4) is 0 Å². The van der Waals surface area contributed by atoms with Crippen molar-refractivity contribution in [3.63, 3.8) is 0 Å². The van der Waals surface area contributed by atoms with E-state index in [9.17, 15) is 19.8 Å². The number of aliphatic hydroxyl groups is 1. The molecule has 1 aliphatic carbocycles. The first kappa shape index (κ1) is 24.4. The molecule has 1 aromatic carbocycles. The van der Waals surface area contributed by atoms with Crippen LogP contribution in [0.1, 0.15) is 80.5 Å². The minimum atomic E-state index is -1.17. The summed E-state index contributed by atoms with van der Waals surface area (Å²) in [5, 5.41) is 25.9. The monoisotopic (exact) mass is 446 g/mol. The van der Waals surface area contributed by atoms with Crippen molar-refractivity contribution in [1.29, 1.82) is 0 Å². The number of benzene rings is 1. The van der Waals surface area contributed by atoms with Crippen LogP contribution in [0, 0.1) is 20.8 Å². The molecule has 2 atom stereocenters. The van der Waals surface area contributed by atoms with Crippen LogP contribution in [0.4, 0.5) is 0 Å². The third-order valence-corrected chi connectivity index (χ3v) is 7.26. The maximum Gasteiger partial charge on any atom is 0.264 e. The summed E-state index contributed by atoms with van der Waals surface area (Å²) in [6.07, 6.45) is 8.63. The Morgan fingerprint density at radius 1 is 1.06 bits per heavy atom. The molecule has 1 aliphatic heterocycles. The number of fused-ring (bicyclic) bond motifs is 1. The molecule has 1 heterocycles. The first-order chi connectivity index (χ1) is 15.2. The van der Waals surface area contributed by atoms with Gasteiger partial charge in [0, 0.05) is 18.0 Å². The molecule has 4 N–H and O–H groups in total. The van der Waals surface area contributed by atoms with E-state index < -0.39 is 24.2 Å². The highest BCUT2D eigenvalue weighted by atomic mass is 16.5. The number of carbonyl (C=O) groups is 2. The quantitative estimate of drug-likeness (QED) is 0.556. The van der Waals surface area contributed by atoms with Gasteiger partial charge in [0.05, 0.1) is 6.61 Å². The summed E-state index contributed by atoms with van der Waals surface area (Å²) in [7, 11) is 0. The third kappa shape index (κ3) is 5.03. The van der Waals surface area contributed by atoms with Gasteiger partial charge in [0.15, 0.2) is 5.60 Å². The number of aliphatic hydroxyl groups excluding tert-OH is 1. The van der Waals surface area contributed by atoms with E-state index >= 15 is 0 Å². The second-order valence-electron chi connectivity index (χ2n) is 9.62. The second kappa shape index (κ2) is 10.1. The predicted octanol–water partition coefficient (Wildman–Crippen LogP) is 3.11. The molecule has 7 nitrogen and oxygen atoms in total. The Balaban J connectivity index is 1.69. The van der Waals surface area contributed by atoms with E-state index in [0.717, 1.165) is 47.9 Å². The van der Waals surface area contributed by atoms with Crippen molar-refractivity contribution in [3.05, 3.63) is 22.3 Å². The molecule has 7 heteroatoms. The lowest BCUT2D eigenvalue weighted by atomic mass is 9.86. The van der Waals surface area contributed by atoms with E-state index in [1.165, 1.54) is 19.3 Å². The molecule has 1 fully saturated rings. The molecule has 0 spiro atoms. The number of amides is 2. The standard InChI is InChI=1S/C25H38N2O5/c1-15-16(2)22-19(17(3)21(15)29)12-13-25(4,32-22)24(31)27-20(14-28)23(30)26-18-10-8-6-5-7-9-11-18/h18,20,28-29H,5-14H2,1-4H3,(H,26,30)(H,27,31)/t20-,25?/m0/s1. The van der Waals surface area contributed by atoms with E-state index in [1.807, 2.05) is 20.8 Å². The molecule has 0 saturated heterocycles. The lowest BCUT2D eigenvalue weighted by molar-refractivity contribution is -0.141. The van der Waals surface area contributed by atoms with E-state index in [-0.39, 0.29) is 17.7 Å².